The van der Waals surface area contributed by atoms with Crippen LogP contribution in [0.4, 0.5) is 4.79 Å². The molecule has 1 aromatic rings. The van der Waals surface area contributed by atoms with E-state index < -0.39 is 17.5 Å². The van der Waals surface area contributed by atoms with Crippen LogP contribution in [0.2, 0.25) is 10.0 Å². The molecule has 1 aromatic carbocycles. The smallest absolute Gasteiger partial charge is 0.325 e. The van der Waals surface area contributed by atoms with E-state index in [2.05, 4.69) is 10.6 Å². The van der Waals surface area contributed by atoms with Crippen molar-refractivity contribution in [2.75, 3.05) is 6.54 Å². The van der Waals surface area contributed by atoms with Crippen molar-refractivity contribution in [3.05, 3.63) is 33.8 Å². The SMILES string of the molecule is CCC[C@@H](C)NC(=O)CN1C(=O)N[C@](C)(c2ccc(Cl)cc2Cl)C1=O. The molecule has 0 bridgehead atoms. The summed E-state index contributed by atoms with van der Waals surface area (Å²) in [4.78, 5) is 38.0. The van der Waals surface area contributed by atoms with Gasteiger partial charge in [0.25, 0.3) is 5.91 Å². The molecule has 0 aromatic heterocycles. The fourth-order valence-electron chi connectivity index (χ4n) is 2.89. The predicted molar refractivity (Wildman–Crippen MR) is 96.6 cm³/mol. The molecule has 8 heteroatoms. The second kappa shape index (κ2) is 7.62. The molecule has 1 fully saturated rings. The van der Waals surface area contributed by atoms with Crippen molar-refractivity contribution >= 4 is 41.0 Å². The summed E-state index contributed by atoms with van der Waals surface area (Å²) in [5.41, 5.74) is -0.909. The van der Waals surface area contributed by atoms with Crippen LogP contribution in [0.25, 0.3) is 0 Å². The predicted octanol–water partition coefficient (Wildman–Crippen LogP) is 3.07. The number of urea groups is 1. The van der Waals surface area contributed by atoms with Crippen LogP contribution in [0.3, 0.4) is 0 Å². The zero-order valence-electron chi connectivity index (χ0n) is 14.4. The van der Waals surface area contributed by atoms with E-state index in [-0.39, 0.29) is 23.5 Å². The molecular weight excluding hydrogens is 365 g/mol. The lowest BCUT2D eigenvalue weighted by Gasteiger charge is -2.23. The lowest BCUT2D eigenvalue weighted by atomic mass is 9.92. The number of carbonyl (C=O) groups is 3. The van der Waals surface area contributed by atoms with Gasteiger partial charge in [-0.1, -0.05) is 42.6 Å². The minimum absolute atomic E-state index is 0.0182. The van der Waals surface area contributed by atoms with E-state index in [1.165, 1.54) is 6.07 Å². The van der Waals surface area contributed by atoms with E-state index >= 15 is 0 Å². The molecule has 136 valence electrons. The molecule has 1 heterocycles. The first-order valence-electron chi connectivity index (χ1n) is 8.08. The molecule has 2 N–H and O–H groups in total. The minimum atomic E-state index is -1.34. The van der Waals surface area contributed by atoms with Crippen LogP contribution in [-0.2, 0) is 15.1 Å². The number of benzene rings is 1. The van der Waals surface area contributed by atoms with Gasteiger partial charge < -0.3 is 10.6 Å². The molecule has 4 amide bonds. The van der Waals surface area contributed by atoms with E-state index in [1.807, 2.05) is 13.8 Å². The second-order valence-corrected chi connectivity index (χ2v) is 7.17. The molecule has 6 nitrogen and oxygen atoms in total. The van der Waals surface area contributed by atoms with E-state index in [4.69, 9.17) is 23.2 Å². The highest BCUT2D eigenvalue weighted by molar-refractivity contribution is 6.35. The third-order valence-corrected chi connectivity index (χ3v) is 4.72. The Kier molecular flexibility index (Phi) is 5.95. The fraction of sp³-hybridized carbons (Fsp3) is 0.471. The van der Waals surface area contributed by atoms with Gasteiger partial charge in [0, 0.05) is 21.7 Å². The zero-order valence-corrected chi connectivity index (χ0v) is 15.9. The first kappa shape index (κ1) is 19.5. The van der Waals surface area contributed by atoms with Crippen molar-refractivity contribution < 1.29 is 14.4 Å². The average molecular weight is 386 g/mol. The van der Waals surface area contributed by atoms with E-state index in [1.54, 1.807) is 19.1 Å². The lowest BCUT2D eigenvalue weighted by Crippen LogP contribution is -2.45. The van der Waals surface area contributed by atoms with Crippen LogP contribution >= 0.6 is 23.2 Å². The fourth-order valence-corrected chi connectivity index (χ4v) is 3.48. The van der Waals surface area contributed by atoms with Gasteiger partial charge in [0.15, 0.2) is 0 Å². The summed E-state index contributed by atoms with van der Waals surface area (Å²) >= 11 is 12.1. The number of nitrogens with one attached hydrogen (secondary N) is 2. The van der Waals surface area contributed by atoms with Gasteiger partial charge in [0.05, 0.1) is 0 Å². The standard InChI is InChI=1S/C17H21Cl2N3O3/c1-4-5-10(2)20-14(23)9-22-15(24)17(3,21-16(22)25)12-7-6-11(18)8-13(12)19/h6-8,10H,4-5,9H2,1-3H3,(H,20,23)(H,21,25)/t10-,17-/m1/s1. The maximum atomic E-state index is 12.8. The molecule has 2 atom stereocenters. The van der Waals surface area contributed by atoms with Crippen LogP contribution in [-0.4, -0.2) is 35.3 Å². The number of rotatable bonds is 6. The maximum absolute atomic E-state index is 12.8. The van der Waals surface area contributed by atoms with Crippen molar-refractivity contribution in [3.8, 4) is 0 Å². The van der Waals surface area contributed by atoms with Crippen molar-refractivity contribution in [3.63, 3.8) is 0 Å². The Morgan fingerprint density at radius 3 is 2.64 bits per heavy atom. The summed E-state index contributed by atoms with van der Waals surface area (Å²) < 4.78 is 0. The quantitative estimate of drug-likeness (QED) is 0.738. The molecule has 0 aliphatic carbocycles. The first-order valence-corrected chi connectivity index (χ1v) is 8.83. The molecule has 0 unspecified atom stereocenters. The van der Waals surface area contributed by atoms with Gasteiger partial charge in [-0.2, -0.15) is 0 Å². The van der Waals surface area contributed by atoms with Gasteiger partial charge >= 0.3 is 6.03 Å². The minimum Gasteiger partial charge on any atom is -0.352 e. The Hall–Kier alpha value is -1.79. The molecule has 1 aliphatic rings. The van der Waals surface area contributed by atoms with Crippen LogP contribution in [0.1, 0.15) is 39.2 Å². The molecule has 1 aliphatic heterocycles. The Bertz CT molecular complexity index is 710. The number of nitrogens with zero attached hydrogens (tertiary/aromatic N) is 1. The first-order chi connectivity index (χ1) is 11.7. The van der Waals surface area contributed by atoms with Crippen molar-refractivity contribution in [1.82, 2.24) is 15.5 Å². The second-order valence-electron chi connectivity index (χ2n) is 6.33. The Morgan fingerprint density at radius 1 is 1.36 bits per heavy atom. The summed E-state index contributed by atoms with van der Waals surface area (Å²) in [7, 11) is 0. The molecule has 0 spiro atoms. The molecule has 0 radical (unpaired) electrons. The lowest BCUT2D eigenvalue weighted by molar-refractivity contribution is -0.135. The van der Waals surface area contributed by atoms with Gasteiger partial charge in [0.1, 0.15) is 12.1 Å². The number of hydrogen-bond donors (Lipinski definition) is 2. The maximum Gasteiger partial charge on any atom is 0.325 e. The number of halogens is 2. The molecular formula is C17H21Cl2N3O3. The third kappa shape index (κ3) is 4.07. The Labute approximate surface area is 156 Å². The normalized spacial score (nSPS) is 21.2. The van der Waals surface area contributed by atoms with Gasteiger partial charge in [-0.25, -0.2) is 4.79 Å². The van der Waals surface area contributed by atoms with Crippen molar-refractivity contribution in [2.24, 2.45) is 0 Å². The summed E-state index contributed by atoms with van der Waals surface area (Å²) in [5.74, 6) is -0.907. The number of hydrogen-bond acceptors (Lipinski definition) is 3. The highest BCUT2D eigenvalue weighted by Crippen LogP contribution is 2.34. The monoisotopic (exact) mass is 385 g/mol. The number of imide groups is 1. The van der Waals surface area contributed by atoms with E-state index in [0.717, 1.165) is 17.7 Å². The largest absolute Gasteiger partial charge is 0.352 e. The van der Waals surface area contributed by atoms with Gasteiger partial charge in [-0.15, -0.1) is 0 Å². The third-order valence-electron chi connectivity index (χ3n) is 4.18. The van der Waals surface area contributed by atoms with Crippen LogP contribution in [0, 0.1) is 0 Å². The number of carbonyl (C=O) groups excluding carboxylic acids is 3. The van der Waals surface area contributed by atoms with Crippen LogP contribution in [0.15, 0.2) is 18.2 Å². The highest BCUT2D eigenvalue weighted by Gasteiger charge is 2.50. The topological polar surface area (TPSA) is 78.5 Å². The summed E-state index contributed by atoms with van der Waals surface area (Å²) in [6.07, 6.45) is 1.75. The van der Waals surface area contributed by atoms with Crippen LogP contribution < -0.4 is 10.6 Å². The molecule has 25 heavy (non-hydrogen) atoms. The number of amides is 4. The van der Waals surface area contributed by atoms with E-state index in [9.17, 15) is 14.4 Å². The van der Waals surface area contributed by atoms with Crippen LogP contribution in [0.5, 0.6) is 0 Å². The average Bonchev–Trinajstić information content (AvgIpc) is 2.71. The highest BCUT2D eigenvalue weighted by atomic mass is 35.5. The van der Waals surface area contributed by atoms with Gasteiger partial charge in [-0.05, 0) is 32.4 Å². The van der Waals surface area contributed by atoms with E-state index in [0.29, 0.717) is 10.6 Å². The zero-order chi connectivity index (χ0) is 18.8. The Balaban J connectivity index is 2.17. The summed E-state index contributed by atoms with van der Waals surface area (Å²) in [6, 6.07) is 4.04. The van der Waals surface area contributed by atoms with Gasteiger partial charge in [-0.3, -0.25) is 14.5 Å². The van der Waals surface area contributed by atoms with Crippen molar-refractivity contribution in [1.29, 1.82) is 0 Å². The molecule has 0 saturated carbocycles. The Morgan fingerprint density at radius 2 is 2.04 bits per heavy atom. The summed E-state index contributed by atoms with van der Waals surface area (Å²) in [5, 5.41) is 6.09. The molecule has 1 saturated heterocycles. The van der Waals surface area contributed by atoms with Gasteiger partial charge in [0.2, 0.25) is 5.91 Å². The molecule has 2 rings (SSSR count). The summed E-state index contributed by atoms with van der Waals surface area (Å²) in [6.45, 7) is 5.12. The van der Waals surface area contributed by atoms with Crippen molar-refractivity contribution in [2.45, 2.75) is 45.2 Å².